The summed E-state index contributed by atoms with van der Waals surface area (Å²) in [5.74, 6) is 0.255. The van der Waals surface area contributed by atoms with E-state index < -0.39 is 5.97 Å². The summed E-state index contributed by atoms with van der Waals surface area (Å²) in [6.45, 7) is 5.00. The number of hydrogen-bond donors (Lipinski definition) is 2. The van der Waals surface area contributed by atoms with Crippen molar-refractivity contribution in [3.05, 3.63) is 17.3 Å². The molecule has 0 radical (unpaired) electrons. The van der Waals surface area contributed by atoms with E-state index in [0.717, 1.165) is 11.2 Å². The summed E-state index contributed by atoms with van der Waals surface area (Å²) in [6, 6.07) is 0. The monoisotopic (exact) mass is 251 g/mol. The third kappa shape index (κ3) is 2.36. The van der Waals surface area contributed by atoms with Gasteiger partial charge in [-0.2, -0.15) is 0 Å². The lowest BCUT2D eigenvalue weighted by atomic mass is 10.2. The number of carboxylic acid groups (broad SMARTS) is 1. The quantitative estimate of drug-likeness (QED) is 0.873. The SMILES string of the molecule is CC(C)CNc1ncnc2c(C(=O)O)csc12. The van der Waals surface area contributed by atoms with E-state index in [0.29, 0.717) is 17.3 Å². The normalized spacial score (nSPS) is 11.0. The van der Waals surface area contributed by atoms with Crippen LogP contribution in [0.3, 0.4) is 0 Å². The summed E-state index contributed by atoms with van der Waals surface area (Å²) < 4.78 is 0.797. The zero-order chi connectivity index (χ0) is 12.4. The number of carbonyl (C=O) groups is 1. The van der Waals surface area contributed by atoms with Crippen LogP contribution in [-0.2, 0) is 0 Å². The molecule has 0 bridgehead atoms. The van der Waals surface area contributed by atoms with E-state index in [1.807, 2.05) is 0 Å². The number of fused-ring (bicyclic) bond motifs is 1. The molecule has 5 nitrogen and oxygen atoms in total. The third-order valence-electron chi connectivity index (χ3n) is 2.26. The number of anilines is 1. The maximum atomic E-state index is 11.0. The zero-order valence-electron chi connectivity index (χ0n) is 9.60. The maximum absolute atomic E-state index is 11.0. The van der Waals surface area contributed by atoms with Gasteiger partial charge in [-0.25, -0.2) is 14.8 Å². The Labute approximate surface area is 103 Å². The molecule has 2 aromatic rings. The molecule has 0 amide bonds. The number of thiophene rings is 1. The highest BCUT2D eigenvalue weighted by molar-refractivity contribution is 7.18. The van der Waals surface area contributed by atoms with Crippen molar-refractivity contribution in [2.24, 2.45) is 5.92 Å². The highest BCUT2D eigenvalue weighted by atomic mass is 32.1. The van der Waals surface area contributed by atoms with Gasteiger partial charge in [-0.1, -0.05) is 13.8 Å². The summed E-state index contributed by atoms with van der Waals surface area (Å²) in [7, 11) is 0. The average molecular weight is 251 g/mol. The molecule has 0 atom stereocenters. The van der Waals surface area contributed by atoms with Gasteiger partial charge in [-0.3, -0.25) is 0 Å². The molecular weight excluding hydrogens is 238 g/mol. The van der Waals surface area contributed by atoms with Crippen LogP contribution in [0.1, 0.15) is 24.2 Å². The molecule has 2 aromatic heterocycles. The molecule has 0 saturated heterocycles. The molecule has 0 fully saturated rings. The molecule has 6 heteroatoms. The average Bonchev–Trinajstić information content (AvgIpc) is 2.70. The number of aromatic carboxylic acids is 1. The van der Waals surface area contributed by atoms with Crippen LogP contribution in [0, 0.1) is 5.92 Å². The molecule has 17 heavy (non-hydrogen) atoms. The van der Waals surface area contributed by atoms with Crippen LogP contribution in [0.15, 0.2) is 11.7 Å². The summed E-state index contributed by atoms with van der Waals surface area (Å²) >= 11 is 1.35. The van der Waals surface area contributed by atoms with Gasteiger partial charge in [-0.05, 0) is 5.92 Å². The van der Waals surface area contributed by atoms with Gasteiger partial charge in [-0.15, -0.1) is 11.3 Å². The molecule has 0 unspecified atom stereocenters. The number of nitrogens with one attached hydrogen (secondary N) is 1. The Bertz CT molecular complexity index is 551. The van der Waals surface area contributed by atoms with Crippen molar-refractivity contribution < 1.29 is 9.90 Å². The van der Waals surface area contributed by atoms with E-state index in [1.165, 1.54) is 17.7 Å². The summed E-state index contributed by atoms with van der Waals surface area (Å²) in [4.78, 5) is 19.2. The summed E-state index contributed by atoms with van der Waals surface area (Å²) in [6.07, 6.45) is 1.39. The van der Waals surface area contributed by atoms with Gasteiger partial charge in [0, 0.05) is 11.9 Å². The van der Waals surface area contributed by atoms with E-state index in [-0.39, 0.29) is 5.56 Å². The van der Waals surface area contributed by atoms with E-state index in [2.05, 4.69) is 29.1 Å². The van der Waals surface area contributed by atoms with Crippen molar-refractivity contribution in [1.29, 1.82) is 0 Å². The lowest BCUT2D eigenvalue weighted by Gasteiger charge is -2.08. The fourth-order valence-electron chi connectivity index (χ4n) is 1.43. The van der Waals surface area contributed by atoms with Crippen molar-refractivity contribution in [2.45, 2.75) is 13.8 Å². The molecular formula is C11H13N3O2S. The molecule has 0 aromatic carbocycles. The van der Waals surface area contributed by atoms with E-state index >= 15 is 0 Å². The first-order valence-electron chi connectivity index (χ1n) is 5.29. The van der Waals surface area contributed by atoms with Crippen LogP contribution in [0.2, 0.25) is 0 Å². The van der Waals surface area contributed by atoms with Gasteiger partial charge < -0.3 is 10.4 Å². The zero-order valence-corrected chi connectivity index (χ0v) is 10.4. The minimum atomic E-state index is -0.954. The molecule has 2 N–H and O–H groups in total. The van der Waals surface area contributed by atoms with Crippen molar-refractivity contribution in [1.82, 2.24) is 9.97 Å². The second-order valence-electron chi connectivity index (χ2n) is 4.13. The van der Waals surface area contributed by atoms with Gasteiger partial charge in [0.2, 0.25) is 0 Å². The molecule has 0 aliphatic heterocycles. The Kier molecular flexibility index (Phi) is 3.23. The van der Waals surface area contributed by atoms with E-state index in [9.17, 15) is 4.79 Å². The van der Waals surface area contributed by atoms with Crippen LogP contribution in [0.4, 0.5) is 5.82 Å². The van der Waals surface area contributed by atoms with Crippen LogP contribution < -0.4 is 5.32 Å². The Hall–Kier alpha value is -1.69. The second-order valence-corrected chi connectivity index (χ2v) is 5.01. The largest absolute Gasteiger partial charge is 0.478 e. The van der Waals surface area contributed by atoms with Gasteiger partial charge >= 0.3 is 5.97 Å². The topological polar surface area (TPSA) is 75.1 Å². The molecule has 90 valence electrons. The molecule has 0 aliphatic rings. The van der Waals surface area contributed by atoms with E-state index in [4.69, 9.17) is 5.11 Å². The van der Waals surface area contributed by atoms with E-state index in [1.54, 1.807) is 5.38 Å². The Balaban J connectivity index is 2.41. The van der Waals surface area contributed by atoms with Crippen LogP contribution in [0.5, 0.6) is 0 Å². The van der Waals surface area contributed by atoms with Crippen LogP contribution >= 0.6 is 11.3 Å². The lowest BCUT2D eigenvalue weighted by molar-refractivity contribution is 0.0699. The van der Waals surface area contributed by atoms with Crippen molar-refractivity contribution in [2.75, 3.05) is 11.9 Å². The number of hydrogen-bond acceptors (Lipinski definition) is 5. The van der Waals surface area contributed by atoms with Gasteiger partial charge in [0.05, 0.1) is 10.3 Å². The first-order chi connectivity index (χ1) is 8.09. The highest BCUT2D eigenvalue weighted by Gasteiger charge is 2.15. The van der Waals surface area contributed by atoms with Gasteiger partial charge in [0.15, 0.2) is 0 Å². The first kappa shape index (κ1) is 11.8. The number of nitrogens with zero attached hydrogens (tertiary/aromatic N) is 2. The highest BCUT2D eigenvalue weighted by Crippen LogP contribution is 2.29. The molecule has 0 spiro atoms. The van der Waals surface area contributed by atoms with Crippen molar-refractivity contribution in [3.63, 3.8) is 0 Å². The van der Waals surface area contributed by atoms with Crippen molar-refractivity contribution >= 4 is 33.3 Å². The predicted molar refractivity (Wildman–Crippen MR) is 67.7 cm³/mol. The minimum Gasteiger partial charge on any atom is -0.478 e. The lowest BCUT2D eigenvalue weighted by Crippen LogP contribution is -2.09. The third-order valence-corrected chi connectivity index (χ3v) is 3.24. The van der Waals surface area contributed by atoms with Crippen LogP contribution in [0.25, 0.3) is 10.2 Å². The molecule has 2 heterocycles. The van der Waals surface area contributed by atoms with Gasteiger partial charge in [0.25, 0.3) is 0 Å². The van der Waals surface area contributed by atoms with Crippen LogP contribution in [-0.4, -0.2) is 27.6 Å². The maximum Gasteiger partial charge on any atom is 0.338 e. The number of aromatic nitrogens is 2. The summed E-state index contributed by atoms with van der Waals surface area (Å²) in [5.41, 5.74) is 0.740. The Morgan fingerprint density at radius 2 is 2.29 bits per heavy atom. The summed E-state index contributed by atoms with van der Waals surface area (Å²) in [5, 5.41) is 13.8. The predicted octanol–water partition coefficient (Wildman–Crippen LogP) is 2.46. The molecule has 0 aliphatic carbocycles. The smallest absolute Gasteiger partial charge is 0.338 e. The Morgan fingerprint density at radius 3 is 2.94 bits per heavy atom. The van der Waals surface area contributed by atoms with Crippen molar-refractivity contribution in [3.8, 4) is 0 Å². The number of rotatable bonds is 4. The fourth-order valence-corrected chi connectivity index (χ4v) is 2.39. The molecule has 0 saturated carbocycles. The first-order valence-corrected chi connectivity index (χ1v) is 6.17. The number of carboxylic acids is 1. The second kappa shape index (κ2) is 4.67. The minimum absolute atomic E-state index is 0.236. The Morgan fingerprint density at radius 1 is 1.53 bits per heavy atom. The molecule has 2 rings (SSSR count). The standard InChI is InChI=1S/C11H13N3O2S/c1-6(2)3-12-10-9-8(13-5-14-10)7(4-17-9)11(15)16/h4-6H,3H2,1-2H3,(H,15,16)(H,12,13,14). The van der Waals surface area contributed by atoms with Gasteiger partial charge in [0.1, 0.15) is 17.7 Å². The fraction of sp³-hybridized carbons (Fsp3) is 0.364.